The fraction of sp³-hybridized carbons (Fsp3) is 0.714. The molecule has 0 aliphatic heterocycles. The minimum atomic E-state index is 0.546. The average molecular weight is 250 g/mol. The van der Waals surface area contributed by atoms with Crippen LogP contribution in [0.5, 0.6) is 0 Å². The third-order valence-electron chi connectivity index (χ3n) is 3.33. The monoisotopic (exact) mass is 250 g/mol. The summed E-state index contributed by atoms with van der Waals surface area (Å²) in [5, 5.41) is 3.41. The van der Waals surface area contributed by atoms with Crippen molar-refractivity contribution < 1.29 is 0 Å². The smallest absolute Gasteiger partial charge is 0.136 e. The molecule has 18 heavy (non-hydrogen) atoms. The molecule has 0 radical (unpaired) electrons. The summed E-state index contributed by atoms with van der Waals surface area (Å²) >= 11 is 0. The van der Waals surface area contributed by atoms with Gasteiger partial charge in [0.15, 0.2) is 0 Å². The average Bonchev–Trinajstić information content (AvgIpc) is 2.41. The predicted molar refractivity (Wildman–Crippen MR) is 76.8 cm³/mol. The summed E-state index contributed by atoms with van der Waals surface area (Å²) in [6, 6.07) is 0.546. The number of anilines is 1. The lowest BCUT2D eigenvalue weighted by atomic mass is 10.1. The zero-order valence-corrected chi connectivity index (χ0v) is 12.1. The van der Waals surface area contributed by atoms with Gasteiger partial charge < -0.3 is 10.2 Å². The first-order valence-corrected chi connectivity index (χ1v) is 6.96. The lowest BCUT2D eigenvalue weighted by molar-refractivity contribution is 0.580. The van der Waals surface area contributed by atoms with Crippen LogP contribution in [-0.4, -0.2) is 29.6 Å². The van der Waals surface area contributed by atoms with E-state index in [-0.39, 0.29) is 0 Å². The SMILES string of the molecule is CCCNCc1cncnc1N(C)C(CC)CC. The van der Waals surface area contributed by atoms with Crippen LogP contribution in [0.2, 0.25) is 0 Å². The molecule has 0 saturated carbocycles. The third-order valence-corrected chi connectivity index (χ3v) is 3.33. The Hall–Kier alpha value is -1.16. The molecule has 0 bridgehead atoms. The first-order chi connectivity index (χ1) is 8.74. The lowest BCUT2D eigenvalue weighted by Gasteiger charge is -2.28. The van der Waals surface area contributed by atoms with Gasteiger partial charge in [-0.15, -0.1) is 0 Å². The molecule has 4 heteroatoms. The van der Waals surface area contributed by atoms with E-state index in [1.54, 1.807) is 6.33 Å². The molecule has 0 spiro atoms. The van der Waals surface area contributed by atoms with Gasteiger partial charge in [-0.1, -0.05) is 20.8 Å². The van der Waals surface area contributed by atoms with E-state index < -0.39 is 0 Å². The van der Waals surface area contributed by atoms with Crippen molar-refractivity contribution in [3.8, 4) is 0 Å². The summed E-state index contributed by atoms with van der Waals surface area (Å²) < 4.78 is 0. The van der Waals surface area contributed by atoms with Crippen LogP contribution in [0.15, 0.2) is 12.5 Å². The number of hydrogen-bond donors (Lipinski definition) is 1. The maximum atomic E-state index is 4.45. The van der Waals surface area contributed by atoms with Gasteiger partial charge in [0.05, 0.1) is 0 Å². The van der Waals surface area contributed by atoms with Crippen molar-refractivity contribution in [2.24, 2.45) is 0 Å². The summed E-state index contributed by atoms with van der Waals surface area (Å²) in [5.74, 6) is 1.06. The van der Waals surface area contributed by atoms with Crippen LogP contribution >= 0.6 is 0 Å². The molecule has 0 saturated heterocycles. The van der Waals surface area contributed by atoms with Crippen molar-refractivity contribution in [3.63, 3.8) is 0 Å². The highest BCUT2D eigenvalue weighted by atomic mass is 15.2. The third kappa shape index (κ3) is 3.95. The Labute approximate surface area is 111 Å². The highest BCUT2D eigenvalue weighted by Gasteiger charge is 2.15. The fourth-order valence-electron chi connectivity index (χ4n) is 2.20. The number of nitrogens with zero attached hydrogens (tertiary/aromatic N) is 3. The molecule has 1 heterocycles. The van der Waals surface area contributed by atoms with Crippen molar-refractivity contribution in [2.45, 2.75) is 52.6 Å². The van der Waals surface area contributed by atoms with Crippen LogP contribution in [-0.2, 0) is 6.54 Å². The van der Waals surface area contributed by atoms with Gasteiger partial charge in [-0.3, -0.25) is 0 Å². The first kappa shape index (κ1) is 14.9. The molecule has 0 aliphatic carbocycles. The van der Waals surface area contributed by atoms with Gasteiger partial charge in [0.1, 0.15) is 12.1 Å². The van der Waals surface area contributed by atoms with Crippen LogP contribution in [0.4, 0.5) is 5.82 Å². The van der Waals surface area contributed by atoms with Gasteiger partial charge in [0, 0.05) is 31.4 Å². The molecule has 0 amide bonds. The van der Waals surface area contributed by atoms with Crippen LogP contribution in [0.3, 0.4) is 0 Å². The molecule has 1 rings (SSSR count). The minimum absolute atomic E-state index is 0.546. The second-order valence-corrected chi connectivity index (χ2v) is 4.63. The van der Waals surface area contributed by atoms with Crippen molar-refractivity contribution >= 4 is 5.82 Å². The molecular weight excluding hydrogens is 224 g/mol. The van der Waals surface area contributed by atoms with Crippen LogP contribution in [0.25, 0.3) is 0 Å². The molecule has 102 valence electrons. The molecule has 1 N–H and O–H groups in total. The Morgan fingerprint density at radius 2 is 2.00 bits per heavy atom. The molecule has 4 nitrogen and oxygen atoms in total. The molecule has 1 aromatic heterocycles. The van der Waals surface area contributed by atoms with E-state index in [0.717, 1.165) is 38.2 Å². The molecule has 0 aromatic carbocycles. The Morgan fingerprint density at radius 1 is 1.28 bits per heavy atom. The summed E-state index contributed by atoms with van der Waals surface area (Å²) in [7, 11) is 2.13. The zero-order chi connectivity index (χ0) is 13.4. The summed E-state index contributed by atoms with van der Waals surface area (Å²) in [5.41, 5.74) is 1.18. The normalized spacial score (nSPS) is 10.9. The topological polar surface area (TPSA) is 41.1 Å². The van der Waals surface area contributed by atoms with E-state index in [1.165, 1.54) is 5.56 Å². The quantitative estimate of drug-likeness (QED) is 0.720. The van der Waals surface area contributed by atoms with E-state index in [2.05, 4.69) is 48.0 Å². The van der Waals surface area contributed by atoms with Gasteiger partial charge >= 0.3 is 0 Å². The first-order valence-electron chi connectivity index (χ1n) is 6.96. The fourth-order valence-corrected chi connectivity index (χ4v) is 2.20. The van der Waals surface area contributed by atoms with Gasteiger partial charge in [0.25, 0.3) is 0 Å². The maximum Gasteiger partial charge on any atom is 0.136 e. The van der Waals surface area contributed by atoms with Crippen molar-refractivity contribution in [2.75, 3.05) is 18.5 Å². The van der Waals surface area contributed by atoms with E-state index in [9.17, 15) is 0 Å². The standard InChI is InChI=1S/C14H26N4/c1-5-8-15-9-12-10-16-11-17-14(12)18(4)13(6-2)7-3/h10-11,13,15H,5-9H2,1-4H3. The number of aromatic nitrogens is 2. The zero-order valence-electron chi connectivity index (χ0n) is 12.1. The summed E-state index contributed by atoms with van der Waals surface area (Å²) in [4.78, 5) is 10.9. The molecule has 0 unspecified atom stereocenters. The van der Waals surface area contributed by atoms with E-state index in [1.807, 2.05) is 6.20 Å². The number of rotatable bonds is 8. The second-order valence-electron chi connectivity index (χ2n) is 4.63. The Bertz CT molecular complexity index is 336. The number of nitrogens with one attached hydrogen (secondary N) is 1. The molecule has 0 aliphatic rings. The second kappa shape index (κ2) is 8.03. The summed E-state index contributed by atoms with van der Waals surface area (Å²) in [6.07, 6.45) is 6.98. The van der Waals surface area contributed by atoms with Gasteiger partial charge in [0.2, 0.25) is 0 Å². The molecular formula is C14H26N4. The van der Waals surface area contributed by atoms with E-state index >= 15 is 0 Å². The van der Waals surface area contributed by atoms with Crippen LogP contribution < -0.4 is 10.2 Å². The lowest BCUT2D eigenvalue weighted by Crippen LogP contribution is -2.32. The van der Waals surface area contributed by atoms with E-state index in [4.69, 9.17) is 0 Å². The Balaban J connectivity index is 2.79. The molecule has 0 atom stereocenters. The van der Waals surface area contributed by atoms with Gasteiger partial charge in [-0.2, -0.15) is 0 Å². The molecule has 0 fully saturated rings. The Kier molecular flexibility index (Phi) is 6.65. The van der Waals surface area contributed by atoms with Crippen LogP contribution in [0.1, 0.15) is 45.6 Å². The minimum Gasteiger partial charge on any atom is -0.356 e. The molecule has 1 aromatic rings. The predicted octanol–water partition coefficient (Wildman–Crippen LogP) is 2.60. The summed E-state index contributed by atoms with van der Waals surface area (Å²) in [6.45, 7) is 8.49. The highest BCUT2D eigenvalue weighted by molar-refractivity contribution is 5.45. The van der Waals surface area contributed by atoms with Crippen LogP contribution in [0, 0.1) is 0 Å². The Morgan fingerprint density at radius 3 is 2.61 bits per heavy atom. The highest BCUT2D eigenvalue weighted by Crippen LogP contribution is 2.19. The van der Waals surface area contributed by atoms with Crippen molar-refractivity contribution in [3.05, 3.63) is 18.1 Å². The van der Waals surface area contributed by atoms with Crippen molar-refractivity contribution in [1.82, 2.24) is 15.3 Å². The maximum absolute atomic E-state index is 4.45. The van der Waals surface area contributed by atoms with Crippen molar-refractivity contribution in [1.29, 1.82) is 0 Å². The largest absolute Gasteiger partial charge is 0.356 e. The van der Waals surface area contributed by atoms with E-state index in [0.29, 0.717) is 6.04 Å². The number of hydrogen-bond acceptors (Lipinski definition) is 4. The van der Waals surface area contributed by atoms with Gasteiger partial charge in [-0.25, -0.2) is 9.97 Å². The van der Waals surface area contributed by atoms with Gasteiger partial charge in [-0.05, 0) is 25.8 Å².